The molecule has 2 aromatic rings. The highest BCUT2D eigenvalue weighted by Crippen LogP contribution is 2.31. The van der Waals surface area contributed by atoms with Crippen molar-refractivity contribution >= 4 is 15.9 Å². The van der Waals surface area contributed by atoms with Crippen molar-refractivity contribution in [3.05, 3.63) is 59.7 Å². The second kappa shape index (κ2) is 10.4. The number of rotatable bonds is 10. The maximum absolute atomic E-state index is 12.7. The van der Waals surface area contributed by atoms with Crippen molar-refractivity contribution in [1.29, 1.82) is 0 Å². The molecule has 1 amide bonds. The molecule has 0 atom stereocenters. The molecule has 0 aliphatic heterocycles. The number of ether oxygens (including phenoxy) is 2. The van der Waals surface area contributed by atoms with Crippen LogP contribution in [0.25, 0.3) is 0 Å². The van der Waals surface area contributed by atoms with E-state index in [9.17, 15) is 26.4 Å². The Morgan fingerprint density at radius 2 is 1.77 bits per heavy atom. The second-order valence-electron chi connectivity index (χ2n) is 6.05. The average Bonchev–Trinajstić information content (AvgIpc) is 2.71. The second-order valence-corrected chi connectivity index (χ2v) is 7.82. The number of alkyl halides is 3. The molecule has 2 aromatic carbocycles. The van der Waals surface area contributed by atoms with Gasteiger partial charge in [0, 0.05) is 19.2 Å². The number of hydrogen-bond acceptors (Lipinski definition) is 5. The summed E-state index contributed by atoms with van der Waals surface area (Å²) in [5.41, 5.74) is -0.718. The summed E-state index contributed by atoms with van der Waals surface area (Å²) in [5.74, 6) is -0.522. The Morgan fingerprint density at radius 3 is 2.47 bits per heavy atom. The van der Waals surface area contributed by atoms with Crippen LogP contribution < -0.4 is 14.8 Å². The number of methoxy groups -OCH3 is 1. The van der Waals surface area contributed by atoms with Crippen LogP contribution in [0.15, 0.2) is 53.4 Å². The van der Waals surface area contributed by atoms with Crippen molar-refractivity contribution in [2.45, 2.75) is 11.1 Å². The van der Waals surface area contributed by atoms with E-state index in [0.717, 1.165) is 12.1 Å². The summed E-state index contributed by atoms with van der Waals surface area (Å²) < 4.78 is 74.8. The van der Waals surface area contributed by atoms with Gasteiger partial charge in [-0.05, 0) is 36.4 Å². The Kier molecular flexibility index (Phi) is 8.21. The molecule has 0 spiro atoms. The lowest BCUT2D eigenvalue weighted by Crippen LogP contribution is -2.29. The molecule has 2 N–H and O–H groups in total. The molecule has 0 bridgehead atoms. The average molecular weight is 446 g/mol. The molecule has 0 saturated carbocycles. The van der Waals surface area contributed by atoms with Crippen LogP contribution in [0, 0.1) is 0 Å². The molecule has 0 aromatic heterocycles. The van der Waals surface area contributed by atoms with E-state index in [1.165, 1.54) is 43.5 Å². The number of carbonyl (C=O) groups is 1. The first-order valence-corrected chi connectivity index (χ1v) is 10.3. The van der Waals surface area contributed by atoms with Crippen LogP contribution in [-0.4, -0.2) is 47.7 Å². The van der Waals surface area contributed by atoms with Gasteiger partial charge in [0.25, 0.3) is 5.91 Å². The zero-order valence-electron chi connectivity index (χ0n) is 16.0. The number of carbonyl (C=O) groups excluding carboxylic acids is 1. The quantitative estimate of drug-likeness (QED) is 0.547. The van der Waals surface area contributed by atoms with E-state index in [1.54, 1.807) is 0 Å². The largest absolute Gasteiger partial charge is 0.492 e. The van der Waals surface area contributed by atoms with Gasteiger partial charge in [0.15, 0.2) is 0 Å². The van der Waals surface area contributed by atoms with Crippen LogP contribution in [0.4, 0.5) is 13.2 Å². The van der Waals surface area contributed by atoms with Gasteiger partial charge in [0.2, 0.25) is 10.0 Å². The number of nitrogens with one attached hydrogen (secondary N) is 2. The first kappa shape index (κ1) is 23.6. The zero-order chi connectivity index (χ0) is 22.2. The van der Waals surface area contributed by atoms with Gasteiger partial charge < -0.3 is 14.8 Å². The lowest BCUT2D eigenvalue weighted by Gasteiger charge is -2.11. The maximum Gasteiger partial charge on any atom is 0.416 e. The zero-order valence-corrected chi connectivity index (χ0v) is 16.8. The molecule has 0 heterocycles. The normalized spacial score (nSPS) is 11.9. The van der Waals surface area contributed by atoms with E-state index < -0.39 is 27.7 Å². The van der Waals surface area contributed by atoms with Crippen LogP contribution in [0.3, 0.4) is 0 Å². The van der Waals surface area contributed by atoms with E-state index >= 15 is 0 Å². The summed E-state index contributed by atoms with van der Waals surface area (Å²) in [6, 6.07) is 9.84. The smallest absolute Gasteiger partial charge is 0.416 e. The van der Waals surface area contributed by atoms with Gasteiger partial charge in [-0.3, -0.25) is 4.79 Å². The van der Waals surface area contributed by atoms with Crippen LogP contribution in [0.5, 0.6) is 5.75 Å². The van der Waals surface area contributed by atoms with E-state index in [4.69, 9.17) is 9.47 Å². The third-order valence-electron chi connectivity index (χ3n) is 3.82. The molecule has 0 radical (unpaired) electrons. The SMILES string of the molecule is COCCNS(=O)(=O)c1cccc(C(=O)NCCOc2cccc(C(F)(F)F)c2)c1. The molecule has 164 valence electrons. The Labute approximate surface area is 172 Å². The van der Waals surface area contributed by atoms with E-state index in [2.05, 4.69) is 10.0 Å². The fourth-order valence-electron chi connectivity index (χ4n) is 2.36. The number of halogens is 3. The van der Waals surface area contributed by atoms with Crippen molar-refractivity contribution in [3.63, 3.8) is 0 Å². The van der Waals surface area contributed by atoms with Crippen molar-refractivity contribution in [3.8, 4) is 5.75 Å². The van der Waals surface area contributed by atoms with Gasteiger partial charge in [-0.25, -0.2) is 13.1 Å². The Morgan fingerprint density at radius 1 is 1.03 bits per heavy atom. The Balaban J connectivity index is 1.90. The molecule has 11 heteroatoms. The molecular formula is C19H21F3N2O5S. The lowest BCUT2D eigenvalue weighted by molar-refractivity contribution is -0.137. The summed E-state index contributed by atoms with van der Waals surface area (Å²) in [6.45, 7) is 0.231. The van der Waals surface area contributed by atoms with Gasteiger partial charge in [-0.1, -0.05) is 12.1 Å². The van der Waals surface area contributed by atoms with Crippen molar-refractivity contribution in [2.75, 3.05) is 33.4 Å². The fourth-order valence-corrected chi connectivity index (χ4v) is 3.42. The lowest BCUT2D eigenvalue weighted by atomic mass is 10.2. The number of amides is 1. The van der Waals surface area contributed by atoms with Crippen molar-refractivity contribution in [2.24, 2.45) is 0 Å². The Bertz CT molecular complexity index is 965. The highest BCUT2D eigenvalue weighted by molar-refractivity contribution is 7.89. The van der Waals surface area contributed by atoms with Gasteiger partial charge in [0.1, 0.15) is 12.4 Å². The summed E-state index contributed by atoms with van der Waals surface area (Å²) in [5, 5.41) is 2.52. The van der Waals surface area contributed by atoms with Crippen LogP contribution in [0.1, 0.15) is 15.9 Å². The van der Waals surface area contributed by atoms with Crippen LogP contribution >= 0.6 is 0 Å². The van der Waals surface area contributed by atoms with E-state index in [-0.39, 0.29) is 42.5 Å². The summed E-state index contributed by atoms with van der Waals surface area (Å²) in [4.78, 5) is 12.2. The van der Waals surface area contributed by atoms with E-state index in [1.807, 2.05) is 0 Å². The molecular weight excluding hydrogens is 425 g/mol. The minimum Gasteiger partial charge on any atom is -0.492 e. The Hall–Kier alpha value is -2.63. The third kappa shape index (κ3) is 7.01. The minimum absolute atomic E-state index is 0.0120. The van der Waals surface area contributed by atoms with Gasteiger partial charge in [0.05, 0.1) is 23.6 Å². The van der Waals surface area contributed by atoms with Crippen molar-refractivity contribution in [1.82, 2.24) is 10.0 Å². The molecule has 2 rings (SSSR count). The summed E-state index contributed by atoms with van der Waals surface area (Å²) in [6.07, 6.45) is -4.47. The summed E-state index contributed by atoms with van der Waals surface area (Å²) in [7, 11) is -2.35. The number of sulfonamides is 1. The minimum atomic E-state index is -4.47. The van der Waals surface area contributed by atoms with Crippen molar-refractivity contribution < 1.29 is 35.9 Å². The summed E-state index contributed by atoms with van der Waals surface area (Å²) >= 11 is 0. The van der Waals surface area contributed by atoms with Gasteiger partial charge in [-0.15, -0.1) is 0 Å². The van der Waals surface area contributed by atoms with Crippen LogP contribution in [-0.2, 0) is 20.9 Å². The molecule has 0 unspecified atom stereocenters. The first-order valence-electron chi connectivity index (χ1n) is 8.80. The first-order chi connectivity index (χ1) is 14.1. The number of benzene rings is 2. The van der Waals surface area contributed by atoms with E-state index in [0.29, 0.717) is 0 Å². The molecule has 30 heavy (non-hydrogen) atoms. The highest BCUT2D eigenvalue weighted by atomic mass is 32.2. The molecule has 0 aliphatic rings. The molecule has 0 saturated heterocycles. The monoisotopic (exact) mass is 446 g/mol. The van der Waals surface area contributed by atoms with Gasteiger partial charge in [-0.2, -0.15) is 13.2 Å². The molecule has 0 aliphatic carbocycles. The molecule has 0 fully saturated rings. The third-order valence-corrected chi connectivity index (χ3v) is 5.28. The predicted octanol–water partition coefficient (Wildman–Crippen LogP) is 2.44. The highest BCUT2D eigenvalue weighted by Gasteiger charge is 2.30. The van der Waals surface area contributed by atoms with Gasteiger partial charge >= 0.3 is 6.18 Å². The number of hydrogen-bond donors (Lipinski definition) is 2. The predicted molar refractivity (Wildman–Crippen MR) is 103 cm³/mol. The fraction of sp³-hybridized carbons (Fsp3) is 0.316. The maximum atomic E-state index is 12.7. The van der Waals surface area contributed by atoms with Crippen LogP contribution in [0.2, 0.25) is 0 Å². The topological polar surface area (TPSA) is 93.7 Å². The standard InChI is InChI=1S/C19H21F3N2O5S/c1-28-10-9-24-30(26,27)17-7-2-4-14(12-17)18(25)23-8-11-29-16-6-3-5-15(13-16)19(20,21)22/h2-7,12-13,24H,8-11H2,1H3,(H,23,25). The molecule has 7 nitrogen and oxygen atoms in total.